The van der Waals surface area contributed by atoms with Crippen LogP contribution in [0.25, 0.3) is 0 Å². The van der Waals surface area contributed by atoms with Crippen LogP contribution in [0.15, 0.2) is 28.7 Å². The number of nitrogens with one attached hydrogen (secondary N) is 1. The first-order valence-electron chi connectivity index (χ1n) is 6.11. The summed E-state index contributed by atoms with van der Waals surface area (Å²) in [5.74, 6) is -0.146. The van der Waals surface area contributed by atoms with Crippen molar-refractivity contribution in [2.75, 3.05) is 5.32 Å². The molecule has 0 spiro atoms. The molecule has 5 heteroatoms. The van der Waals surface area contributed by atoms with Crippen LogP contribution >= 0.6 is 15.9 Å². The molecule has 4 nitrogen and oxygen atoms in total. The number of carbonyl (C=O) groups excluding carboxylic acids is 1. The van der Waals surface area contributed by atoms with Gasteiger partial charge in [0, 0.05) is 17.2 Å². The predicted octanol–water partition coefficient (Wildman–Crippen LogP) is 3.31. The van der Waals surface area contributed by atoms with Crippen LogP contribution in [0.5, 0.6) is 0 Å². The summed E-state index contributed by atoms with van der Waals surface area (Å²) >= 11 is 3.42. The Morgan fingerprint density at radius 1 is 1.37 bits per heavy atom. The number of hydrogen-bond acceptors (Lipinski definition) is 2. The maximum atomic E-state index is 12.2. The van der Waals surface area contributed by atoms with Gasteiger partial charge in [-0.3, -0.25) is 9.48 Å². The molecular formula is C14H16BrN3O. The van der Waals surface area contributed by atoms with Crippen LogP contribution in [0.1, 0.15) is 28.7 Å². The maximum absolute atomic E-state index is 12.2. The summed E-state index contributed by atoms with van der Waals surface area (Å²) in [6.07, 6.45) is 0.817. The molecule has 1 aromatic heterocycles. The number of carbonyl (C=O) groups is 1. The van der Waals surface area contributed by atoms with Crippen molar-refractivity contribution in [1.82, 2.24) is 9.78 Å². The zero-order valence-electron chi connectivity index (χ0n) is 11.2. The Morgan fingerprint density at radius 2 is 2.11 bits per heavy atom. The van der Waals surface area contributed by atoms with Gasteiger partial charge >= 0.3 is 0 Å². The third-order valence-electron chi connectivity index (χ3n) is 2.83. The third-order valence-corrected chi connectivity index (χ3v) is 3.28. The molecule has 2 aromatic rings. The Balaban J connectivity index is 2.22. The van der Waals surface area contributed by atoms with Crippen molar-refractivity contribution >= 4 is 27.5 Å². The average Bonchev–Trinajstić information content (AvgIpc) is 2.69. The summed E-state index contributed by atoms with van der Waals surface area (Å²) in [6.45, 7) is 4.00. The van der Waals surface area contributed by atoms with Crippen LogP contribution in [-0.4, -0.2) is 15.7 Å². The summed E-state index contributed by atoms with van der Waals surface area (Å²) in [5.41, 5.74) is 3.34. The quantitative estimate of drug-likeness (QED) is 0.942. The van der Waals surface area contributed by atoms with Gasteiger partial charge in [-0.25, -0.2) is 0 Å². The van der Waals surface area contributed by atoms with Gasteiger partial charge in [0.05, 0.1) is 5.69 Å². The van der Waals surface area contributed by atoms with Crippen molar-refractivity contribution < 1.29 is 4.79 Å². The van der Waals surface area contributed by atoms with Crippen LogP contribution in [0.3, 0.4) is 0 Å². The highest BCUT2D eigenvalue weighted by molar-refractivity contribution is 9.10. The number of rotatable bonds is 3. The van der Waals surface area contributed by atoms with E-state index in [0.29, 0.717) is 5.69 Å². The highest BCUT2D eigenvalue weighted by Gasteiger charge is 2.13. The molecule has 0 aliphatic rings. The lowest BCUT2D eigenvalue weighted by Crippen LogP contribution is -2.16. The van der Waals surface area contributed by atoms with Crippen molar-refractivity contribution in [3.8, 4) is 0 Å². The summed E-state index contributed by atoms with van der Waals surface area (Å²) in [5, 5.41) is 7.16. The Hall–Kier alpha value is -1.62. The molecule has 0 saturated carbocycles. The largest absolute Gasteiger partial charge is 0.321 e. The smallest absolute Gasteiger partial charge is 0.273 e. The fourth-order valence-corrected chi connectivity index (χ4v) is 2.52. The first-order valence-corrected chi connectivity index (χ1v) is 6.90. The van der Waals surface area contributed by atoms with Crippen molar-refractivity contribution in [2.45, 2.75) is 20.3 Å². The molecule has 2 rings (SSSR count). The van der Waals surface area contributed by atoms with Crippen molar-refractivity contribution in [1.29, 1.82) is 0 Å². The third kappa shape index (κ3) is 3.23. The molecule has 0 radical (unpaired) electrons. The van der Waals surface area contributed by atoms with Gasteiger partial charge in [0.15, 0.2) is 0 Å². The molecule has 0 saturated heterocycles. The van der Waals surface area contributed by atoms with Crippen molar-refractivity contribution in [2.24, 2.45) is 7.05 Å². The highest BCUT2D eigenvalue weighted by Crippen LogP contribution is 2.19. The van der Waals surface area contributed by atoms with Crippen LogP contribution in [0, 0.1) is 6.92 Å². The van der Waals surface area contributed by atoms with Crippen molar-refractivity contribution in [3.63, 3.8) is 0 Å². The maximum Gasteiger partial charge on any atom is 0.273 e. The van der Waals surface area contributed by atoms with E-state index in [-0.39, 0.29) is 5.91 Å². The monoisotopic (exact) mass is 321 g/mol. The van der Waals surface area contributed by atoms with Crippen LogP contribution in [-0.2, 0) is 13.5 Å². The lowest BCUT2D eigenvalue weighted by Gasteiger charge is -2.07. The molecule has 100 valence electrons. The number of nitrogens with zero attached hydrogens (tertiary/aromatic N) is 2. The van der Waals surface area contributed by atoms with E-state index in [4.69, 9.17) is 0 Å². The Bertz CT molecular complexity index is 599. The van der Waals surface area contributed by atoms with Gasteiger partial charge in [0.25, 0.3) is 5.91 Å². The topological polar surface area (TPSA) is 46.9 Å². The molecule has 1 aromatic carbocycles. The molecule has 0 aliphatic heterocycles. The molecule has 0 aliphatic carbocycles. The molecule has 0 atom stereocenters. The van der Waals surface area contributed by atoms with Gasteiger partial charge in [-0.15, -0.1) is 0 Å². The van der Waals surface area contributed by atoms with E-state index < -0.39 is 0 Å². The number of halogens is 1. The SMILES string of the molecule is CCc1cc(C(=O)Nc2cc(C)cc(Br)c2)n(C)n1. The van der Waals surface area contributed by atoms with Crippen molar-refractivity contribution in [3.05, 3.63) is 45.7 Å². The number of anilines is 1. The Labute approximate surface area is 120 Å². The van der Waals surface area contributed by atoms with Gasteiger partial charge < -0.3 is 5.32 Å². The number of aryl methyl sites for hydroxylation is 3. The zero-order chi connectivity index (χ0) is 14.0. The molecule has 0 bridgehead atoms. The average molecular weight is 322 g/mol. The zero-order valence-corrected chi connectivity index (χ0v) is 12.8. The van der Waals surface area contributed by atoms with E-state index in [1.165, 1.54) is 0 Å². The summed E-state index contributed by atoms with van der Waals surface area (Å²) in [7, 11) is 1.78. The summed E-state index contributed by atoms with van der Waals surface area (Å²) < 4.78 is 2.56. The number of hydrogen-bond donors (Lipinski definition) is 1. The molecule has 19 heavy (non-hydrogen) atoms. The van der Waals surface area contributed by atoms with Crippen LogP contribution in [0.2, 0.25) is 0 Å². The second kappa shape index (κ2) is 5.57. The van der Waals surface area contributed by atoms with E-state index in [1.807, 2.05) is 38.1 Å². The minimum atomic E-state index is -0.146. The molecule has 1 heterocycles. The number of amides is 1. The van der Waals surface area contributed by atoms with Gasteiger partial charge in [0.1, 0.15) is 5.69 Å². The molecular weight excluding hydrogens is 306 g/mol. The minimum absolute atomic E-state index is 0.146. The minimum Gasteiger partial charge on any atom is -0.321 e. The number of aromatic nitrogens is 2. The van der Waals surface area contributed by atoms with E-state index in [1.54, 1.807) is 11.7 Å². The second-order valence-corrected chi connectivity index (χ2v) is 5.39. The fourth-order valence-electron chi connectivity index (χ4n) is 1.92. The summed E-state index contributed by atoms with van der Waals surface area (Å²) in [6, 6.07) is 7.62. The van der Waals surface area contributed by atoms with E-state index in [9.17, 15) is 4.79 Å². The summed E-state index contributed by atoms with van der Waals surface area (Å²) in [4.78, 5) is 12.2. The first-order chi connectivity index (χ1) is 8.99. The van der Waals surface area contributed by atoms with Gasteiger partial charge in [-0.2, -0.15) is 5.10 Å². The van der Waals surface area contributed by atoms with Crippen LogP contribution < -0.4 is 5.32 Å². The van der Waals surface area contributed by atoms with Crippen LogP contribution in [0.4, 0.5) is 5.69 Å². The Morgan fingerprint density at radius 3 is 2.68 bits per heavy atom. The predicted molar refractivity (Wildman–Crippen MR) is 79.4 cm³/mol. The highest BCUT2D eigenvalue weighted by atomic mass is 79.9. The standard InChI is InChI=1S/C14H16BrN3O/c1-4-11-8-13(18(3)17-11)14(19)16-12-6-9(2)5-10(15)7-12/h5-8H,4H2,1-3H3,(H,16,19). The number of benzene rings is 1. The Kier molecular flexibility index (Phi) is 4.04. The molecule has 0 fully saturated rings. The van der Waals surface area contributed by atoms with Gasteiger partial charge in [-0.05, 0) is 43.2 Å². The van der Waals surface area contributed by atoms with E-state index in [2.05, 4.69) is 26.3 Å². The molecule has 1 amide bonds. The second-order valence-electron chi connectivity index (χ2n) is 4.47. The van der Waals surface area contributed by atoms with E-state index >= 15 is 0 Å². The van der Waals surface area contributed by atoms with E-state index in [0.717, 1.165) is 27.8 Å². The van der Waals surface area contributed by atoms with Gasteiger partial charge in [-0.1, -0.05) is 22.9 Å². The molecule has 0 unspecified atom stereocenters. The fraction of sp³-hybridized carbons (Fsp3) is 0.286. The molecule has 1 N–H and O–H groups in total. The normalized spacial score (nSPS) is 10.5. The lowest BCUT2D eigenvalue weighted by atomic mass is 10.2. The van der Waals surface area contributed by atoms with Gasteiger partial charge in [0.2, 0.25) is 0 Å². The first kappa shape index (κ1) is 13.8. The lowest BCUT2D eigenvalue weighted by molar-refractivity contribution is 0.101.